The Kier molecular flexibility index (Phi) is 15.4. The van der Waals surface area contributed by atoms with E-state index < -0.39 is 0 Å². The van der Waals surface area contributed by atoms with Crippen molar-refractivity contribution in [3.05, 3.63) is 94.7 Å². The largest absolute Gasteiger partial charge is 0.383 e. The molecule has 0 atom stereocenters. The zero-order chi connectivity index (χ0) is 46.7. The number of fused-ring (bicyclic) bond motifs is 20. The summed E-state index contributed by atoms with van der Waals surface area (Å²) in [5.74, 6) is 2.91. The molecule has 5 heterocycles. The molecule has 0 spiro atoms. The third-order valence-electron chi connectivity index (χ3n) is 13.5. The molecule has 0 amide bonds. The van der Waals surface area contributed by atoms with Crippen LogP contribution in [-0.4, -0.2) is 46.1 Å². The van der Waals surface area contributed by atoms with Gasteiger partial charge in [-0.2, -0.15) is 0 Å². The van der Waals surface area contributed by atoms with Crippen molar-refractivity contribution in [3.8, 4) is 0 Å². The molecular weight excluding hydrogens is 841 g/mol. The molecule has 356 valence electrons. The van der Waals surface area contributed by atoms with E-state index in [4.69, 9.17) is 20.0 Å². The molecule has 12 nitrogen and oxygen atoms in total. The summed E-state index contributed by atoms with van der Waals surface area (Å²) in [4.78, 5) is 36.8. The van der Waals surface area contributed by atoms with Gasteiger partial charge in [-0.15, -0.1) is 0 Å². The van der Waals surface area contributed by atoms with E-state index in [9.17, 15) is 0 Å². The maximum atomic E-state index is 5.63. The second-order valence-corrected chi connectivity index (χ2v) is 18.6. The van der Waals surface area contributed by atoms with Crippen LogP contribution in [0.2, 0.25) is 0 Å². The van der Waals surface area contributed by atoms with Gasteiger partial charge in [-0.1, -0.05) is 178 Å². The van der Waals surface area contributed by atoms with Crippen LogP contribution in [0.1, 0.15) is 130 Å². The van der Waals surface area contributed by atoms with E-state index in [2.05, 4.69) is 142 Å². The van der Waals surface area contributed by atoms with Gasteiger partial charge in [-0.05, 0) is 25.7 Å². The van der Waals surface area contributed by atoms with Crippen molar-refractivity contribution < 1.29 is 0 Å². The van der Waals surface area contributed by atoms with Crippen molar-refractivity contribution >= 4 is 89.1 Å². The van der Waals surface area contributed by atoms with Crippen molar-refractivity contribution in [1.29, 1.82) is 0 Å². The highest BCUT2D eigenvalue weighted by molar-refractivity contribution is 6.14. The molecule has 8 aromatic rings. The summed E-state index contributed by atoms with van der Waals surface area (Å²) in [5, 5.41) is 24.1. The summed E-state index contributed by atoms with van der Waals surface area (Å²) >= 11 is 0. The van der Waals surface area contributed by atoms with Crippen LogP contribution in [0.5, 0.6) is 0 Å². The minimum absolute atomic E-state index is 0.727. The van der Waals surface area contributed by atoms with Crippen LogP contribution >= 0.6 is 0 Å². The summed E-state index contributed by atoms with van der Waals surface area (Å²) in [5.41, 5.74) is 7.20. The molecule has 0 unspecified atom stereocenters. The molecule has 8 bridgehead atoms. The molecule has 1 aliphatic rings. The minimum Gasteiger partial charge on any atom is -0.383 e. The van der Waals surface area contributed by atoms with E-state index in [1.54, 1.807) is 0 Å². The Bertz CT molecular complexity index is 3010. The topological polar surface area (TPSA) is 161 Å². The van der Waals surface area contributed by atoms with E-state index in [1.807, 2.05) is 0 Å². The van der Waals surface area contributed by atoms with Gasteiger partial charge in [0.25, 0.3) is 0 Å². The molecule has 0 aliphatic carbocycles. The van der Waals surface area contributed by atoms with E-state index in [0.29, 0.717) is 0 Å². The van der Waals surface area contributed by atoms with Gasteiger partial charge in [0, 0.05) is 58.5 Å². The predicted molar refractivity (Wildman–Crippen MR) is 287 cm³/mol. The number of nitrogens with one attached hydrogen (secondary N) is 8. The summed E-state index contributed by atoms with van der Waals surface area (Å²) in [6.45, 7) is 12.5. The van der Waals surface area contributed by atoms with Crippen LogP contribution in [-0.2, 0) is 0 Å². The van der Waals surface area contributed by atoms with Gasteiger partial charge in [-0.3, -0.25) is 0 Å². The number of aromatic nitrogens is 4. The fourth-order valence-electron chi connectivity index (χ4n) is 9.80. The fourth-order valence-corrected chi connectivity index (χ4v) is 9.80. The third-order valence-corrected chi connectivity index (χ3v) is 13.5. The average molecular weight is 913 g/mol. The van der Waals surface area contributed by atoms with E-state index in [0.717, 1.165) is 163 Å². The summed E-state index contributed by atoms with van der Waals surface area (Å²) in [6, 6.07) is 25.1. The zero-order valence-corrected chi connectivity index (χ0v) is 40.9. The molecule has 1 aliphatic heterocycles. The number of rotatable bonds is 24. The van der Waals surface area contributed by atoms with E-state index in [1.165, 1.54) is 77.0 Å². The first kappa shape index (κ1) is 46.5. The first-order valence-corrected chi connectivity index (χ1v) is 26.0. The number of H-pyrrole nitrogens is 4. The number of benzene rings is 4. The fraction of sp³-hybridized carbons (Fsp3) is 0.429. The Morgan fingerprint density at radius 3 is 0.912 bits per heavy atom. The first-order valence-electron chi connectivity index (χ1n) is 26.0. The van der Waals surface area contributed by atoms with Gasteiger partial charge in [-0.25, -0.2) is 20.0 Å². The number of hydrogen-bond donors (Lipinski definition) is 8. The Labute approximate surface area is 400 Å². The van der Waals surface area contributed by atoms with Crippen LogP contribution in [0.4, 0.5) is 46.0 Å². The van der Waals surface area contributed by atoms with Crippen LogP contribution in [0, 0.1) is 0 Å². The lowest BCUT2D eigenvalue weighted by Gasteiger charge is -2.24. The molecule has 8 N–H and O–H groups in total. The van der Waals surface area contributed by atoms with Crippen LogP contribution in [0.25, 0.3) is 43.1 Å². The Morgan fingerprint density at radius 2 is 0.588 bits per heavy atom. The molecule has 4 aromatic heterocycles. The first-order chi connectivity index (χ1) is 33.6. The molecule has 0 saturated carbocycles. The number of nitrogens with zero attached hydrogens (tertiary/aromatic N) is 4. The maximum absolute atomic E-state index is 5.63. The second-order valence-electron chi connectivity index (χ2n) is 18.6. The molecule has 12 heteroatoms. The number of aromatic amines is 4. The summed E-state index contributed by atoms with van der Waals surface area (Å²) in [7, 11) is 0. The lowest BCUT2D eigenvalue weighted by molar-refractivity contribution is 0.681. The van der Waals surface area contributed by atoms with Crippen LogP contribution < -0.4 is 43.2 Å². The van der Waals surface area contributed by atoms with Crippen molar-refractivity contribution in [2.45, 2.75) is 130 Å². The molecule has 9 rings (SSSR count). The predicted octanol–water partition coefficient (Wildman–Crippen LogP) is 13.7. The van der Waals surface area contributed by atoms with E-state index in [-0.39, 0.29) is 0 Å². The molecular formula is C56H72N12. The standard InChI is InChI=1S/C56H72N12/c1-5-9-13-23-33-57-45-43-44(46(58-34-24-14-10-6-2)48(60-36-26-16-12-8-4)47(45)59-35-25-15-11-7-3)56-67-54-42-32-22-20-30-40(42)52(65-54)63-50-38-28-18-17-27-37(38)49(61-50)62-51-39-29-19-21-31-41(39)53(64-51)66-55(43)68-56/h17-22,27-32,57-60H,5-16,23-26,33-36H2,1-4H3,(H4,61,62,63,64,65,66,67,68). The SMILES string of the molecule is CCCCCCNc1c(NCCCCCC)c(NCCCCCC)c2c3[nH]c(c2c1NCCCCCC)=Nc1[nH]c(c2ccccc12)N=c1[nH]c(c2ccccc12)=Nc1[nH]c(c2ccccc12)N=3. The van der Waals surface area contributed by atoms with E-state index >= 15 is 0 Å². The van der Waals surface area contributed by atoms with Gasteiger partial charge < -0.3 is 41.2 Å². The number of hydrogen-bond acceptors (Lipinski definition) is 8. The highest BCUT2D eigenvalue weighted by atomic mass is 15.1. The number of unbranched alkanes of at least 4 members (excludes halogenated alkanes) is 12. The molecule has 0 fully saturated rings. The number of anilines is 4. The highest BCUT2D eigenvalue weighted by Crippen LogP contribution is 2.45. The van der Waals surface area contributed by atoms with Crippen molar-refractivity contribution in [2.24, 2.45) is 20.0 Å². The van der Waals surface area contributed by atoms with Gasteiger partial charge >= 0.3 is 0 Å². The van der Waals surface area contributed by atoms with Crippen molar-refractivity contribution in [2.75, 3.05) is 47.4 Å². The maximum Gasteiger partial charge on any atom is 0.144 e. The zero-order valence-electron chi connectivity index (χ0n) is 40.9. The van der Waals surface area contributed by atoms with Crippen molar-refractivity contribution in [1.82, 2.24) is 19.9 Å². The monoisotopic (exact) mass is 913 g/mol. The van der Waals surface area contributed by atoms with Crippen LogP contribution in [0.3, 0.4) is 0 Å². The normalized spacial score (nSPS) is 12.3. The summed E-state index contributed by atoms with van der Waals surface area (Å²) < 4.78 is 0. The van der Waals surface area contributed by atoms with Crippen molar-refractivity contribution in [3.63, 3.8) is 0 Å². The smallest absolute Gasteiger partial charge is 0.144 e. The molecule has 0 saturated heterocycles. The summed E-state index contributed by atoms with van der Waals surface area (Å²) in [6.07, 6.45) is 18.7. The van der Waals surface area contributed by atoms with Gasteiger partial charge in [0.1, 0.15) is 45.2 Å². The lowest BCUT2D eigenvalue weighted by Crippen LogP contribution is -2.17. The van der Waals surface area contributed by atoms with Gasteiger partial charge in [0.2, 0.25) is 0 Å². The van der Waals surface area contributed by atoms with Crippen LogP contribution in [0.15, 0.2) is 92.8 Å². The quantitative estimate of drug-likeness (QED) is 0.0284. The van der Waals surface area contributed by atoms with Gasteiger partial charge in [0.05, 0.1) is 33.5 Å². The molecule has 0 radical (unpaired) electrons. The molecule has 68 heavy (non-hydrogen) atoms. The lowest BCUT2D eigenvalue weighted by atomic mass is 10.0. The molecule has 4 aromatic carbocycles. The Hall–Kier alpha value is -6.56. The van der Waals surface area contributed by atoms with Gasteiger partial charge in [0.15, 0.2) is 0 Å². The third kappa shape index (κ3) is 10.0. The second kappa shape index (κ2) is 22.5. The highest BCUT2D eigenvalue weighted by Gasteiger charge is 2.25. The minimum atomic E-state index is 0.727. The Balaban J connectivity index is 1.39. The Morgan fingerprint density at radius 1 is 0.309 bits per heavy atom. The average Bonchev–Trinajstić information content (AvgIpc) is 4.10.